The van der Waals surface area contributed by atoms with Crippen LogP contribution in [0.25, 0.3) is 0 Å². The Hall–Kier alpha value is -0.330. The summed E-state index contributed by atoms with van der Waals surface area (Å²) in [6.45, 7) is 0. The molecule has 0 saturated heterocycles. The zero-order valence-corrected chi connectivity index (χ0v) is 6.38. The lowest BCUT2D eigenvalue weighted by Crippen LogP contribution is -1.89. The summed E-state index contributed by atoms with van der Waals surface area (Å²) >= 11 is 0. The molecule has 0 unspecified atom stereocenters. The third kappa shape index (κ3) is 5220. The summed E-state index contributed by atoms with van der Waals surface area (Å²) in [5, 5.41) is 7.00. The molecule has 0 aromatic rings. The number of rotatable bonds is 0. The van der Waals surface area contributed by atoms with Gasteiger partial charge in [-0.15, -0.1) is 0 Å². The Balaban J connectivity index is -0.00000000972. The van der Waals surface area contributed by atoms with Crippen LogP contribution < -0.4 is 0 Å². The maximum Gasteiger partial charge on any atom is 0.394 e. The van der Waals surface area contributed by atoms with Crippen molar-refractivity contribution in [1.29, 1.82) is 0 Å². The molecule has 0 aromatic heterocycles. The zero-order valence-electron chi connectivity index (χ0n) is 5.57. The van der Waals surface area contributed by atoms with Gasteiger partial charge in [0.05, 0.1) is 0 Å². The molecule has 0 fully saturated rings. The summed E-state index contributed by atoms with van der Waals surface area (Å²) in [6, 6.07) is 0. The highest BCUT2D eigenvalue weighted by Gasteiger charge is 1.84. The molecule has 0 aliphatic heterocycles. The van der Waals surface area contributed by atoms with Gasteiger partial charge in [0.25, 0.3) is 0 Å². The van der Waals surface area contributed by atoms with Crippen LogP contribution in [0.3, 0.4) is 0 Å². The first-order valence-corrected chi connectivity index (χ1v) is 2.54. The minimum atomic E-state index is -4.67. The Kier molecular flexibility index (Phi) is 94.0. The van der Waals surface area contributed by atoms with Crippen LogP contribution in [-0.2, 0) is 10.4 Å². The van der Waals surface area contributed by atoms with Crippen molar-refractivity contribution in [3.8, 4) is 0 Å². The smallest absolute Gasteiger partial charge is 0.394 e. The normalized spacial score (nSPS) is 5.82. The van der Waals surface area contributed by atoms with Crippen molar-refractivity contribution >= 4 is 10.4 Å². The molecule has 0 atom stereocenters. The second kappa shape index (κ2) is 22.6. The maximum absolute atomic E-state index is 8.74. The van der Waals surface area contributed by atoms with Gasteiger partial charge in [0.2, 0.25) is 0 Å². The summed E-state index contributed by atoms with van der Waals surface area (Å²) in [5.74, 6) is 0. The van der Waals surface area contributed by atoms with Gasteiger partial charge < -0.3 is 27.0 Å². The highest BCUT2D eigenvalue weighted by molar-refractivity contribution is 7.79. The third-order valence-electron chi connectivity index (χ3n) is 0. The molecule has 0 spiro atoms. The van der Waals surface area contributed by atoms with Crippen molar-refractivity contribution in [2.45, 2.75) is 0 Å². The summed E-state index contributed by atoms with van der Waals surface area (Å²) in [5.41, 5.74) is 0. The lowest BCUT2D eigenvalue weighted by atomic mass is 11.8. The first-order valence-electron chi connectivity index (χ1n) is 1.15. The van der Waals surface area contributed by atoms with E-state index in [9.17, 15) is 0 Å². The average Bonchev–Trinajstić information content (AvgIpc) is 1.36. The Morgan fingerprint density at radius 2 is 0.818 bits per heavy atom. The lowest BCUT2D eigenvalue weighted by Gasteiger charge is -1.68. The van der Waals surface area contributed by atoms with E-state index in [1.165, 1.54) is 0 Å². The Morgan fingerprint density at radius 1 is 0.818 bits per heavy atom. The second-order valence-electron chi connectivity index (χ2n) is 0.448. The predicted octanol–water partition coefficient (Wildman–Crippen LogP) is -4.34. The van der Waals surface area contributed by atoms with Crippen molar-refractivity contribution < 1.29 is 44.5 Å². The molecule has 0 heterocycles. The minimum absolute atomic E-state index is 0. The monoisotopic (exact) mass is 202 g/mol. The zero-order chi connectivity index (χ0) is 6.50. The quantitative estimate of drug-likeness (QED) is 0.330. The van der Waals surface area contributed by atoms with Crippen LogP contribution in [0.5, 0.6) is 0 Å². The molecule has 0 rings (SSSR count). The van der Waals surface area contributed by atoms with E-state index in [0.29, 0.717) is 0 Å². The summed E-state index contributed by atoms with van der Waals surface area (Å²) in [6.07, 6.45) is 0. The van der Waals surface area contributed by atoms with Gasteiger partial charge in [-0.05, 0) is 0 Å². The fourth-order valence-corrected chi connectivity index (χ4v) is 0. The van der Waals surface area contributed by atoms with E-state index in [0.717, 1.165) is 7.11 Å². The molecular formula is CH14O9S. The van der Waals surface area contributed by atoms with Gasteiger partial charge in [-0.2, -0.15) is 8.42 Å². The maximum atomic E-state index is 8.74. The molecule has 0 saturated carbocycles. The Bertz CT molecular complexity index is 92.7. The van der Waals surface area contributed by atoms with Crippen LogP contribution in [0, 0.1) is 0 Å². The van der Waals surface area contributed by atoms with Crippen molar-refractivity contribution in [3.05, 3.63) is 0 Å². The van der Waals surface area contributed by atoms with Crippen LogP contribution in [0.4, 0.5) is 0 Å². The van der Waals surface area contributed by atoms with E-state index in [4.69, 9.17) is 22.6 Å². The Labute approximate surface area is 63.1 Å². The number of aliphatic hydroxyl groups excluding tert-OH is 1. The molecular weight excluding hydrogens is 188 g/mol. The van der Waals surface area contributed by atoms with E-state index in [1.54, 1.807) is 0 Å². The second-order valence-corrected chi connectivity index (χ2v) is 1.34. The number of aliphatic hydroxyl groups is 1. The molecule has 78 valence electrons. The van der Waals surface area contributed by atoms with Crippen molar-refractivity contribution in [3.63, 3.8) is 0 Å². The van der Waals surface area contributed by atoms with Crippen LogP contribution >= 0.6 is 0 Å². The van der Waals surface area contributed by atoms with Gasteiger partial charge in [0.1, 0.15) is 0 Å². The van der Waals surface area contributed by atoms with E-state index in [-0.39, 0.29) is 21.9 Å². The highest BCUT2D eigenvalue weighted by atomic mass is 32.3. The van der Waals surface area contributed by atoms with Gasteiger partial charge in [0.15, 0.2) is 0 Å². The number of hydrogen-bond donors (Lipinski definition) is 3. The molecule has 0 aliphatic carbocycles. The van der Waals surface area contributed by atoms with E-state index >= 15 is 0 Å². The number of hydrogen-bond acceptors (Lipinski definition) is 3. The largest absolute Gasteiger partial charge is 0.412 e. The lowest BCUT2D eigenvalue weighted by molar-refractivity contribution is 0.381. The summed E-state index contributed by atoms with van der Waals surface area (Å²) in [7, 11) is -3.67. The van der Waals surface area contributed by atoms with Crippen LogP contribution in [0.2, 0.25) is 0 Å². The van der Waals surface area contributed by atoms with E-state index < -0.39 is 10.4 Å². The van der Waals surface area contributed by atoms with Gasteiger partial charge in [0, 0.05) is 7.11 Å². The van der Waals surface area contributed by atoms with Gasteiger partial charge in [-0.3, -0.25) is 9.11 Å². The molecule has 0 aromatic carbocycles. The minimum Gasteiger partial charge on any atom is -0.412 e. The molecule has 11 heavy (non-hydrogen) atoms. The fourth-order valence-electron chi connectivity index (χ4n) is 0. The topological polar surface area (TPSA) is 221 Å². The highest BCUT2D eigenvalue weighted by Crippen LogP contribution is 1.59. The van der Waals surface area contributed by atoms with Crippen molar-refractivity contribution in [2.24, 2.45) is 0 Å². The standard InChI is InChI=1S/CH4O.H2O4S.4H2O/c1-2;1-5(2,3)4;;;;/h2H,1H3;(H2,1,2,3,4);4*1H2. The summed E-state index contributed by atoms with van der Waals surface area (Å²) < 4.78 is 31.6. The fraction of sp³-hybridized carbons (Fsp3) is 1.00. The molecule has 10 heteroatoms. The summed E-state index contributed by atoms with van der Waals surface area (Å²) in [4.78, 5) is 0. The first kappa shape index (κ1) is 45.7. The van der Waals surface area contributed by atoms with Crippen molar-refractivity contribution in [1.82, 2.24) is 0 Å². The van der Waals surface area contributed by atoms with Gasteiger partial charge >= 0.3 is 10.4 Å². The van der Waals surface area contributed by atoms with Crippen LogP contribution in [0.15, 0.2) is 0 Å². The van der Waals surface area contributed by atoms with Gasteiger partial charge in [-0.1, -0.05) is 0 Å². The molecule has 0 bridgehead atoms. The first-order chi connectivity index (χ1) is 3.00. The van der Waals surface area contributed by atoms with Crippen LogP contribution in [-0.4, -0.2) is 51.6 Å². The van der Waals surface area contributed by atoms with E-state index in [2.05, 4.69) is 0 Å². The van der Waals surface area contributed by atoms with Crippen LogP contribution in [0.1, 0.15) is 0 Å². The molecule has 11 N–H and O–H groups in total. The van der Waals surface area contributed by atoms with E-state index in [1.807, 2.05) is 0 Å². The predicted molar refractivity (Wildman–Crippen MR) is 36.8 cm³/mol. The molecule has 9 nitrogen and oxygen atoms in total. The average molecular weight is 202 g/mol. The third-order valence-corrected chi connectivity index (χ3v) is 0. The molecule has 0 aliphatic rings. The van der Waals surface area contributed by atoms with Gasteiger partial charge in [-0.25, -0.2) is 0 Å². The van der Waals surface area contributed by atoms with Crippen molar-refractivity contribution in [2.75, 3.05) is 7.11 Å². The SMILES string of the molecule is CO.O.O.O.O.O=S(=O)(O)O. The Morgan fingerprint density at radius 3 is 0.818 bits per heavy atom. The molecule has 0 radical (unpaired) electrons. The molecule has 0 amide bonds.